The Kier molecular flexibility index (Phi) is 7.02. The van der Waals surface area contributed by atoms with Crippen molar-refractivity contribution in [3.8, 4) is 0 Å². The summed E-state index contributed by atoms with van der Waals surface area (Å²) in [5.74, 6) is -2.57. The monoisotopic (exact) mass is 418 g/mol. The van der Waals surface area contributed by atoms with Crippen LogP contribution in [0, 0.1) is 5.92 Å². The highest BCUT2D eigenvalue weighted by Crippen LogP contribution is 2.37. The second-order valence-electron chi connectivity index (χ2n) is 8.24. The first-order valence-corrected chi connectivity index (χ1v) is 10.4. The number of likely N-dealkylation sites (tertiary alicyclic amines) is 1. The lowest BCUT2D eigenvalue weighted by Gasteiger charge is -2.35. The van der Waals surface area contributed by atoms with Crippen molar-refractivity contribution in [1.29, 1.82) is 0 Å². The number of rotatable bonds is 3. The van der Waals surface area contributed by atoms with E-state index in [0.717, 1.165) is 12.8 Å². The van der Waals surface area contributed by atoms with E-state index in [1.807, 2.05) is 4.90 Å². The Labute approximate surface area is 168 Å². The number of nitrogens with zero attached hydrogens (tertiary/aromatic N) is 3. The zero-order valence-corrected chi connectivity index (χ0v) is 16.5. The van der Waals surface area contributed by atoms with E-state index in [2.05, 4.69) is 5.32 Å². The van der Waals surface area contributed by atoms with Gasteiger partial charge in [-0.15, -0.1) is 0 Å². The molecule has 2 heterocycles. The second-order valence-corrected chi connectivity index (χ2v) is 8.24. The van der Waals surface area contributed by atoms with Crippen molar-refractivity contribution in [3.63, 3.8) is 0 Å². The Morgan fingerprint density at radius 1 is 0.828 bits per heavy atom. The summed E-state index contributed by atoms with van der Waals surface area (Å²) in [6.45, 7) is 3.00. The third kappa shape index (κ3) is 5.83. The van der Waals surface area contributed by atoms with Crippen molar-refractivity contribution >= 4 is 17.7 Å². The van der Waals surface area contributed by atoms with Gasteiger partial charge < -0.3 is 15.1 Å². The van der Waals surface area contributed by atoms with E-state index < -0.39 is 30.0 Å². The molecule has 1 saturated carbocycles. The number of hydrogen-bond acceptors (Lipinski definition) is 4. The van der Waals surface area contributed by atoms with Gasteiger partial charge in [-0.05, 0) is 32.1 Å². The van der Waals surface area contributed by atoms with Gasteiger partial charge in [0.1, 0.15) is 0 Å². The standard InChI is InChI=1S/C19H29F3N4O3/c20-19(21,22)14-4-3-5-15(12-14)23-16(27)13-24-8-10-26(11-9-24)18(29)17(28)25-6-1-2-7-25/h14-15H,1-13H2,(H,23,27). The molecular weight excluding hydrogens is 389 g/mol. The summed E-state index contributed by atoms with van der Waals surface area (Å²) in [5.41, 5.74) is 0. The van der Waals surface area contributed by atoms with Gasteiger partial charge in [0.05, 0.1) is 12.5 Å². The average Bonchev–Trinajstić information content (AvgIpc) is 3.22. The normalized spacial score (nSPS) is 26.4. The first-order valence-electron chi connectivity index (χ1n) is 10.4. The molecule has 3 fully saturated rings. The lowest BCUT2D eigenvalue weighted by Crippen LogP contribution is -2.55. The van der Waals surface area contributed by atoms with Gasteiger partial charge in [-0.25, -0.2) is 0 Å². The Balaban J connectivity index is 1.39. The Morgan fingerprint density at radius 3 is 2.00 bits per heavy atom. The summed E-state index contributed by atoms with van der Waals surface area (Å²) in [7, 11) is 0. The highest BCUT2D eigenvalue weighted by atomic mass is 19.4. The summed E-state index contributed by atoms with van der Waals surface area (Å²) in [6.07, 6.45) is -1.27. The Hall–Kier alpha value is -1.84. The van der Waals surface area contributed by atoms with Crippen molar-refractivity contribution < 1.29 is 27.6 Å². The van der Waals surface area contributed by atoms with Crippen LogP contribution in [0.5, 0.6) is 0 Å². The number of amides is 3. The fourth-order valence-electron chi connectivity index (χ4n) is 4.39. The molecule has 1 aliphatic carbocycles. The molecule has 0 spiro atoms. The van der Waals surface area contributed by atoms with Crippen LogP contribution >= 0.6 is 0 Å². The zero-order chi connectivity index (χ0) is 21.0. The summed E-state index contributed by atoms with van der Waals surface area (Å²) in [5, 5.41) is 2.74. The molecular formula is C19H29F3N4O3. The van der Waals surface area contributed by atoms with Crippen LogP contribution in [0.15, 0.2) is 0 Å². The molecule has 29 heavy (non-hydrogen) atoms. The van der Waals surface area contributed by atoms with Crippen molar-refractivity contribution in [2.24, 2.45) is 5.92 Å². The van der Waals surface area contributed by atoms with Gasteiger partial charge >= 0.3 is 18.0 Å². The molecule has 0 aromatic carbocycles. The SMILES string of the molecule is O=C(CN1CCN(C(=O)C(=O)N2CCCC2)CC1)NC1CCCC(C(F)(F)F)C1. The summed E-state index contributed by atoms with van der Waals surface area (Å²) >= 11 is 0. The van der Waals surface area contributed by atoms with Gasteiger partial charge in [0.15, 0.2) is 0 Å². The minimum atomic E-state index is -4.21. The van der Waals surface area contributed by atoms with E-state index in [4.69, 9.17) is 0 Å². The van der Waals surface area contributed by atoms with Gasteiger partial charge in [0.2, 0.25) is 5.91 Å². The van der Waals surface area contributed by atoms with Crippen molar-refractivity contribution in [2.75, 3.05) is 45.8 Å². The lowest BCUT2D eigenvalue weighted by atomic mass is 9.85. The van der Waals surface area contributed by atoms with E-state index in [0.29, 0.717) is 52.1 Å². The van der Waals surface area contributed by atoms with Crippen LogP contribution < -0.4 is 5.32 Å². The number of halogens is 3. The molecule has 2 atom stereocenters. The third-order valence-electron chi connectivity index (χ3n) is 6.11. The molecule has 3 aliphatic rings. The molecule has 0 aromatic rings. The molecule has 0 radical (unpaired) electrons. The zero-order valence-electron chi connectivity index (χ0n) is 16.5. The quantitative estimate of drug-likeness (QED) is 0.694. The third-order valence-corrected chi connectivity index (χ3v) is 6.11. The van der Waals surface area contributed by atoms with Crippen LogP contribution in [-0.4, -0.2) is 90.5 Å². The highest BCUT2D eigenvalue weighted by Gasteiger charge is 2.42. The molecule has 2 aliphatic heterocycles. The van der Waals surface area contributed by atoms with E-state index in [1.54, 1.807) is 4.90 Å². The number of alkyl halides is 3. The minimum Gasteiger partial charge on any atom is -0.352 e. The largest absolute Gasteiger partial charge is 0.391 e. The van der Waals surface area contributed by atoms with Crippen LogP contribution in [0.3, 0.4) is 0 Å². The predicted octanol–water partition coefficient (Wildman–Crippen LogP) is 0.990. The molecule has 3 amide bonds. The smallest absolute Gasteiger partial charge is 0.352 e. The van der Waals surface area contributed by atoms with Gasteiger partial charge in [-0.3, -0.25) is 19.3 Å². The van der Waals surface area contributed by atoms with Crippen molar-refractivity contribution in [2.45, 2.75) is 50.7 Å². The first-order chi connectivity index (χ1) is 13.7. The fraction of sp³-hybridized carbons (Fsp3) is 0.842. The van der Waals surface area contributed by atoms with E-state index in [9.17, 15) is 27.6 Å². The maximum absolute atomic E-state index is 12.9. The molecule has 2 saturated heterocycles. The number of carbonyl (C=O) groups excluding carboxylic acids is 3. The molecule has 164 valence electrons. The van der Waals surface area contributed by atoms with E-state index >= 15 is 0 Å². The number of carbonyl (C=O) groups is 3. The van der Waals surface area contributed by atoms with E-state index in [1.165, 1.54) is 4.90 Å². The number of piperazine rings is 1. The summed E-state index contributed by atoms with van der Waals surface area (Å²) < 4.78 is 38.7. The average molecular weight is 418 g/mol. The number of hydrogen-bond donors (Lipinski definition) is 1. The maximum Gasteiger partial charge on any atom is 0.391 e. The summed E-state index contributed by atoms with van der Waals surface area (Å²) in [4.78, 5) is 41.8. The van der Waals surface area contributed by atoms with Gasteiger partial charge in [-0.2, -0.15) is 13.2 Å². The molecule has 10 heteroatoms. The first kappa shape index (κ1) is 21.9. The molecule has 7 nitrogen and oxygen atoms in total. The van der Waals surface area contributed by atoms with Gasteiger partial charge in [0, 0.05) is 45.3 Å². The van der Waals surface area contributed by atoms with Crippen LogP contribution in [0.4, 0.5) is 13.2 Å². The molecule has 2 unspecified atom stereocenters. The highest BCUT2D eigenvalue weighted by molar-refractivity contribution is 6.35. The Bertz CT molecular complexity index is 614. The summed E-state index contributed by atoms with van der Waals surface area (Å²) in [6, 6.07) is -0.441. The van der Waals surface area contributed by atoms with Crippen molar-refractivity contribution in [1.82, 2.24) is 20.0 Å². The lowest BCUT2D eigenvalue weighted by molar-refractivity contribution is -0.184. The molecule has 0 aromatic heterocycles. The Morgan fingerprint density at radius 2 is 1.41 bits per heavy atom. The minimum absolute atomic E-state index is 0.0594. The molecule has 0 bridgehead atoms. The number of nitrogens with one attached hydrogen (secondary N) is 1. The van der Waals surface area contributed by atoms with Crippen LogP contribution in [0.1, 0.15) is 38.5 Å². The second kappa shape index (κ2) is 9.32. The predicted molar refractivity (Wildman–Crippen MR) is 98.8 cm³/mol. The van der Waals surface area contributed by atoms with Gasteiger partial charge in [0.25, 0.3) is 0 Å². The molecule has 3 rings (SSSR count). The van der Waals surface area contributed by atoms with Crippen molar-refractivity contribution in [3.05, 3.63) is 0 Å². The van der Waals surface area contributed by atoms with Crippen LogP contribution in [-0.2, 0) is 14.4 Å². The van der Waals surface area contributed by atoms with Crippen LogP contribution in [0.25, 0.3) is 0 Å². The van der Waals surface area contributed by atoms with Crippen LogP contribution in [0.2, 0.25) is 0 Å². The molecule has 1 N–H and O–H groups in total. The topological polar surface area (TPSA) is 73.0 Å². The van der Waals surface area contributed by atoms with Gasteiger partial charge in [-0.1, -0.05) is 6.42 Å². The maximum atomic E-state index is 12.9. The van der Waals surface area contributed by atoms with E-state index in [-0.39, 0.29) is 25.3 Å². The fourth-order valence-corrected chi connectivity index (χ4v) is 4.39.